The van der Waals surface area contributed by atoms with E-state index in [0.29, 0.717) is 18.7 Å². The molecule has 0 saturated carbocycles. The Hall–Kier alpha value is -4.22. The molecule has 1 atom stereocenters. The molecule has 0 aromatic heterocycles. The number of ether oxygens (including phenoxy) is 1. The summed E-state index contributed by atoms with van der Waals surface area (Å²) in [5.41, 5.74) is 6.99. The third-order valence-electron chi connectivity index (χ3n) is 9.31. The summed E-state index contributed by atoms with van der Waals surface area (Å²) in [7, 11) is 3.89. The first-order chi connectivity index (χ1) is 23.4. The molecule has 0 saturated heterocycles. The van der Waals surface area contributed by atoms with Gasteiger partial charge in [-0.25, -0.2) is 5.32 Å². The van der Waals surface area contributed by atoms with Gasteiger partial charge in [-0.1, -0.05) is 0 Å². The van der Waals surface area contributed by atoms with Crippen LogP contribution < -0.4 is 37.0 Å². The summed E-state index contributed by atoms with van der Waals surface area (Å²) in [5, 5.41) is 8.86. The molecule has 1 aliphatic rings. The number of hydrogen-bond donors (Lipinski definition) is 3. The van der Waals surface area contributed by atoms with E-state index >= 15 is 4.20 Å². The summed E-state index contributed by atoms with van der Waals surface area (Å²) in [6.45, 7) is -3.39. The Kier molecular flexibility index (Phi) is 12.2. The van der Waals surface area contributed by atoms with E-state index in [1.165, 1.54) is 25.7 Å². The molecule has 1 unspecified atom stereocenters. The number of unbranched alkanes of at least 4 members (excludes halogenated alkanes) is 8. The molecule has 4 aromatic rings. The van der Waals surface area contributed by atoms with Gasteiger partial charge in [-0.2, -0.15) is 4.99 Å². The SMILES string of the molecule is C[N+](C)=C1NC(N)=NC(c2ccc(OCCCCCCCCCCCP(F)(c3ccccc3)(c3ccccc3)c3ccccc3)cc2)N1. The van der Waals surface area contributed by atoms with E-state index in [1.54, 1.807) is 0 Å². The molecule has 1 heterocycles. The Morgan fingerprint density at radius 3 is 1.60 bits per heavy atom. The number of hydrogen-bond acceptors (Lipinski definition) is 3. The van der Waals surface area contributed by atoms with Crippen molar-refractivity contribution in [1.29, 1.82) is 0 Å². The smallest absolute Gasteiger partial charge is 0.0195 e. The van der Waals surface area contributed by atoms with Gasteiger partial charge < -0.3 is 5.73 Å². The predicted octanol–water partition coefficient (Wildman–Crippen LogP) is 7.12. The normalized spacial score (nSPS) is 15.4. The minimum atomic E-state index is -4.11. The largest absolute Gasteiger partial charge is 0.251 e. The molecular formula is C40H52FN5OP+. The van der Waals surface area contributed by atoms with Gasteiger partial charge in [0.15, 0.2) is 6.17 Å². The van der Waals surface area contributed by atoms with E-state index in [0.717, 1.165) is 65.3 Å². The van der Waals surface area contributed by atoms with Crippen LogP contribution in [-0.2, 0) is 0 Å². The number of nitrogens with zero attached hydrogens (tertiary/aromatic N) is 2. The zero-order valence-corrected chi connectivity index (χ0v) is 29.4. The summed E-state index contributed by atoms with van der Waals surface area (Å²) in [4.78, 5) is 4.46. The molecular weight excluding hydrogens is 616 g/mol. The molecule has 0 amide bonds. The monoisotopic (exact) mass is 668 g/mol. The van der Waals surface area contributed by atoms with Crippen LogP contribution in [0, 0.1) is 0 Å². The molecule has 1 aliphatic heterocycles. The number of nitrogens with two attached hydrogens (primary N) is 1. The van der Waals surface area contributed by atoms with Crippen molar-refractivity contribution in [2.24, 2.45) is 10.7 Å². The maximum Gasteiger partial charge on any atom is -0.0195 e. The van der Waals surface area contributed by atoms with Crippen LogP contribution in [0.25, 0.3) is 0 Å². The topological polar surface area (TPSA) is 74.7 Å². The van der Waals surface area contributed by atoms with Crippen LogP contribution >= 0.6 is 6.91 Å². The molecule has 0 bridgehead atoms. The Morgan fingerprint density at radius 1 is 0.667 bits per heavy atom. The number of guanidine groups is 2. The van der Waals surface area contributed by atoms with Crippen LogP contribution in [0.2, 0.25) is 0 Å². The van der Waals surface area contributed by atoms with Gasteiger partial charge in [0, 0.05) is 5.56 Å². The third kappa shape index (κ3) is 8.43. The van der Waals surface area contributed by atoms with Gasteiger partial charge in [0.2, 0.25) is 0 Å². The first kappa shape index (κ1) is 35.1. The molecule has 0 radical (unpaired) electrons. The number of halogens is 1. The number of rotatable bonds is 17. The number of aliphatic imine (C=N–C) groups is 1. The summed E-state index contributed by atoms with van der Waals surface area (Å²) < 4.78 is 26.4. The van der Waals surface area contributed by atoms with Crippen molar-refractivity contribution < 1.29 is 13.5 Å². The second-order valence-electron chi connectivity index (χ2n) is 12.9. The van der Waals surface area contributed by atoms with E-state index < -0.39 is 6.91 Å². The average molecular weight is 669 g/mol. The number of benzene rings is 4. The van der Waals surface area contributed by atoms with Crippen molar-refractivity contribution in [2.75, 3.05) is 26.9 Å². The van der Waals surface area contributed by atoms with Crippen LogP contribution in [0.15, 0.2) is 120 Å². The summed E-state index contributed by atoms with van der Waals surface area (Å²) in [6, 6.07) is 37.9. The first-order valence-electron chi connectivity index (χ1n) is 17.4. The second kappa shape index (κ2) is 16.7. The molecule has 0 spiro atoms. The van der Waals surface area contributed by atoms with Crippen LogP contribution in [0.5, 0.6) is 5.75 Å². The van der Waals surface area contributed by atoms with E-state index in [-0.39, 0.29) is 6.17 Å². The van der Waals surface area contributed by atoms with E-state index in [9.17, 15) is 0 Å². The molecule has 48 heavy (non-hydrogen) atoms. The fraction of sp³-hybridized carbons (Fsp3) is 0.350. The van der Waals surface area contributed by atoms with Crippen molar-refractivity contribution >= 4 is 34.7 Å². The van der Waals surface area contributed by atoms with Crippen molar-refractivity contribution in [3.8, 4) is 5.75 Å². The Balaban J connectivity index is 1.01. The van der Waals surface area contributed by atoms with Crippen LogP contribution in [-0.4, -0.2) is 43.4 Å². The van der Waals surface area contributed by atoms with Crippen molar-refractivity contribution in [3.63, 3.8) is 0 Å². The van der Waals surface area contributed by atoms with Gasteiger partial charge >= 0.3 is 199 Å². The standard InChI is InChI=1S/C40H51FN5OP/c1-46(2)40-44-38(43-39(42)45-40)33-27-29-34(30-28-33)47-31-19-8-6-4-3-5-7-9-20-32-48(41,35-21-13-10-14-22-35,36-23-15-11-16-24-36)37-25-17-12-18-26-37/h10-18,21-30,38H,3-9,19-20,31-32H2,1-2H3,(H3,42,43,44,45)/p+1. The van der Waals surface area contributed by atoms with Crippen molar-refractivity contribution in [1.82, 2.24) is 10.6 Å². The fourth-order valence-corrected chi connectivity index (χ4v) is 11.5. The summed E-state index contributed by atoms with van der Waals surface area (Å²) in [6.07, 6.45) is 10.4. The third-order valence-corrected chi connectivity index (χ3v) is 14.6. The summed E-state index contributed by atoms with van der Waals surface area (Å²) >= 11 is 0. The number of nitrogens with one attached hydrogen (secondary N) is 2. The van der Waals surface area contributed by atoms with Crippen molar-refractivity contribution in [3.05, 3.63) is 121 Å². The zero-order valence-electron chi connectivity index (χ0n) is 28.5. The fourth-order valence-electron chi connectivity index (χ4n) is 6.62. The molecule has 4 N–H and O–H groups in total. The van der Waals surface area contributed by atoms with E-state index in [1.807, 2.05) is 134 Å². The van der Waals surface area contributed by atoms with Crippen molar-refractivity contribution in [2.45, 2.75) is 64.0 Å². The van der Waals surface area contributed by atoms with Gasteiger partial charge in [-0.3, -0.25) is 9.89 Å². The Morgan fingerprint density at radius 2 is 1.12 bits per heavy atom. The van der Waals surface area contributed by atoms with Gasteiger partial charge in [0.25, 0.3) is 5.96 Å². The van der Waals surface area contributed by atoms with E-state index in [2.05, 4.69) is 15.6 Å². The minimum Gasteiger partial charge on any atom is -0.251 e. The Labute approximate surface area is 286 Å². The Bertz CT molecular complexity index is 1530. The van der Waals surface area contributed by atoms with Gasteiger partial charge in [0.05, 0.1) is 14.1 Å². The molecule has 5 rings (SSSR count). The maximum atomic E-state index is 18.5. The maximum absolute atomic E-state index is 18.5. The minimum absolute atomic E-state index is 0.230. The van der Waals surface area contributed by atoms with Crippen LogP contribution in [0.4, 0.5) is 4.20 Å². The van der Waals surface area contributed by atoms with E-state index in [4.69, 9.17) is 10.5 Å². The quantitative estimate of drug-likeness (QED) is 0.0637. The summed E-state index contributed by atoms with van der Waals surface area (Å²) in [5.74, 6) is 2.08. The molecule has 4 aromatic carbocycles. The second-order valence-corrected chi connectivity index (χ2v) is 17.3. The molecule has 6 nitrogen and oxygen atoms in total. The average Bonchev–Trinajstić information content (AvgIpc) is 3.13. The molecule has 0 aliphatic carbocycles. The molecule has 0 fully saturated rings. The molecule has 254 valence electrons. The van der Waals surface area contributed by atoms with Gasteiger partial charge in [-0.05, 0) is 24.3 Å². The van der Waals surface area contributed by atoms with Crippen LogP contribution in [0.1, 0.15) is 69.5 Å². The zero-order chi connectivity index (χ0) is 33.7. The predicted molar refractivity (Wildman–Crippen MR) is 202 cm³/mol. The first-order valence-corrected chi connectivity index (χ1v) is 19.7. The van der Waals surface area contributed by atoms with Gasteiger partial charge in [-0.15, -0.1) is 0 Å². The molecule has 8 heteroatoms. The van der Waals surface area contributed by atoms with Crippen LogP contribution in [0.3, 0.4) is 0 Å². The van der Waals surface area contributed by atoms with Gasteiger partial charge in [0.1, 0.15) is 5.75 Å².